The highest BCUT2D eigenvalue weighted by Gasteiger charge is 2.45. The molecule has 28 heavy (non-hydrogen) atoms. The molecular weight excluding hydrogens is 358 g/mol. The SMILES string of the molecule is CN1CC(=O)N2[C@H](Cc3c([nH]c4ccccc34)[C@H]2/C=C/C=C2\COCO2)C1=O. The average molecular weight is 379 g/mol. The summed E-state index contributed by atoms with van der Waals surface area (Å²) in [5, 5.41) is 1.11. The Morgan fingerprint density at radius 2 is 2.11 bits per heavy atom. The quantitative estimate of drug-likeness (QED) is 0.865. The fourth-order valence-corrected chi connectivity index (χ4v) is 4.32. The number of H-pyrrole nitrogens is 1. The van der Waals surface area contributed by atoms with Crippen LogP contribution < -0.4 is 0 Å². The molecule has 3 aliphatic heterocycles. The zero-order valence-electron chi connectivity index (χ0n) is 15.6. The first-order valence-electron chi connectivity index (χ1n) is 9.37. The number of aromatic nitrogens is 1. The molecule has 0 radical (unpaired) electrons. The molecule has 1 aromatic heterocycles. The molecule has 2 aromatic rings. The van der Waals surface area contributed by atoms with E-state index in [-0.39, 0.29) is 31.2 Å². The number of likely N-dealkylation sites (N-methyl/N-ethyl adjacent to an activating group) is 1. The maximum Gasteiger partial charge on any atom is 0.245 e. The maximum absolute atomic E-state index is 12.9. The van der Waals surface area contributed by atoms with Crippen LogP contribution in [0.1, 0.15) is 17.3 Å². The highest BCUT2D eigenvalue weighted by Crippen LogP contribution is 2.39. The minimum absolute atomic E-state index is 0.0141. The summed E-state index contributed by atoms with van der Waals surface area (Å²) < 4.78 is 10.5. The molecule has 144 valence electrons. The molecule has 2 amide bonds. The van der Waals surface area contributed by atoms with Crippen molar-refractivity contribution in [3.05, 3.63) is 59.5 Å². The number of hydrogen-bond acceptors (Lipinski definition) is 4. The van der Waals surface area contributed by atoms with Gasteiger partial charge in [0.05, 0.1) is 12.6 Å². The van der Waals surface area contributed by atoms with E-state index in [1.54, 1.807) is 11.9 Å². The zero-order valence-corrected chi connectivity index (χ0v) is 15.6. The summed E-state index contributed by atoms with van der Waals surface area (Å²) in [6.45, 7) is 0.817. The molecule has 0 spiro atoms. The first-order valence-corrected chi connectivity index (χ1v) is 9.37. The van der Waals surface area contributed by atoms with Gasteiger partial charge in [-0.2, -0.15) is 0 Å². The Hall–Kier alpha value is -3.06. The highest BCUT2D eigenvalue weighted by atomic mass is 16.7. The van der Waals surface area contributed by atoms with Gasteiger partial charge in [-0.15, -0.1) is 0 Å². The van der Waals surface area contributed by atoms with Crippen LogP contribution in [-0.4, -0.2) is 59.6 Å². The number of hydrogen-bond donors (Lipinski definition) is 1. The van der Waals surface area contributed by atoms with Crippen LogP contribution in [0.4, 0.5) is 0 Å². The van der Waals surface area contributed by atoms with E-state index in [0.29, 0.717) is 13.0 Å². The molecule has 0 saturated carbocycles. The van der Waals surface area contributed by atoms with Gasteiger partial charge in [0.15, 0.2) is 6.79 Å². The number of para-hydroxylation sites is 1. The second-order valence-electron chi connectivity index (χ2n) is 7.35. The lowest BCUT2D eigenvalue weighted by molar-refractivity contribution is -0.157. The van der Waals surface area contributed by atoms with E-state index >= 15 is 0 Å². The predicted molar refractivity (Wildman–Crippen MR) is 102 cm³/mol. The Morgan fingerprint density at radius 1 is 1.25 bits per heavy atom. The van der Waals surface area contributed by atoms with Crippen molar-refractivity contribution in [3.63, 3.8) is 0 Å². The Kier molecular flexibility index (Phi) is 3.98. The Bertz CT molecular complexity index is 1010. The lowest BCUT2D eigenvalue weighted by atomic mass is 9.89. The standard InChI is InChI=1S/C21H21N3O4/c1-23-10-19(25)24-17(8-4-5-13-11-27-12-28-13)20-15(9-18(24)21(23)26)14-6-2-3-7-16(14)22-20/h2-8,17-18,22H,9-12H2,1H3/b8-4+,13-5+/t17-,18-/m1/s1. The van der Waals surface area contributed by atoms with Crippen LogP contribution in [0.5, 0.6) is 0 Å². The van der Waals surface area contributed by atoms with Crippen LogP contribution in [-0.2, 0) is 25.5 Å². The number of carbonyl (C=O) groups excluding carboxylic acids is 2. The Balaban J connectivity index is 1.61. The number of nitrogens with zero attached hydrogens (tertiary/aromatic N) is 2. The molecule has 0 bridgehead atoms. The molecule has 3 aliphatic rings. The van der Waals surface area contributed by atoms with Crippen molar-refractivity contribution in [1.82, 2.24) is 14.8 Å². The van der Waals surface area contributed by atoms with Gasteiger partial charge in [0, 0.05) is 30.1 Å². The van der Waals surface area contributed by atoms with Crippen molar-refractivity contribution >= 4 is 22.7 Å². The van der Waals surface area contributed by atoms with E-state index in [1.807, 2.05) is 36.4 Å². The van der Waals surface area contributed by atoms with Crippen molar-refractivity contribution < 1.29 is 19.1 Å². The lowest BCUT2D eigenvalue weighted by Crippen LogP contribution is -2.61. The van der Waals surface area contributed by atoms with E-state index in [4.69, 9.17) is 9.47 Å². The number of aromatic amines is 1. The largest absolute Gasteiger partial charge is 0.469 e. The molecular formula is C21H21N3O4. The van der Waals surface area contributed by atoms with Crippen molar-refractivity contribution in [2.24, 2.45) is 0 Å². The molecule has 2 atom stereocenters. The molecule has 7 heteroatoms. The van der Waals surface area contributed by atoms with Crippen LogP contribution in [0, 0.1) is 0 Å². The third-order valence-electron chi connectivity index (χ3n) is 5.64. The number of amides is 2. The molecule has 2 saturated heterocycles. The van der Waals surface area contributed by atoms with Gasteiger partial charge in [0.2, 0.25) is 11.8 Å². The van der Waals surface area contributed by atoms with Crippen LogP contribution in [0.25, 0.3) is 10.9 Å². The summed E-state index contributed by atoms with van der Waals surface area (Å²) >= 11 is 0. The van der Waals surface area contributed by atoms with Crippen LogP contribution >= 0.6 is 0 Å². The van der Waals surface area contributed by atoms with E-state index in [0.717, 1.165) is 27.9 Å². The number of piperazine rings is 1. The molecule has 2 fully saturated rings. The number of allylic oxidation sites excluding steroid dienone is 2. The number of benzene rings is 1. The molecule has 5 rings (SSSR count). The zero-order chi connectivity index (χ0) is 19.3. The fourth-order valence-electron chi connectivity index (χ4n) is 4.32. The van der Waals surface area contributed by atoms with E-state index < -0.39 is 6.04 Å². The lowest BCUT2D eigenvalue weighted by Gasteiger charge is -2.45. The molecule has 1 N–H and O–H groups in total. The molecule has 7 nitrogen and oxygen atoms in total. The summed E-state index contributed by atoms with van der Waals surface area (Å²) in [5.74, 6) is 0.695. The number of carbonyl (C=O) groups is 2. The summed E-state index contributed by atoms with van der Waals surface area (Å²) in [5.41, 5.74) is 3.10. The van der Waals surface area contributed by atoms with Crippen LogP contribution in [0.3, 0.4) is 0 Å². The monoisotopic (exact) mass is 379 g/mol. The number of ether oxygens (including phenoxy) is 2. The van der Waals surface area contributed by atoms with Crippen LogP contribution in [0.2, 0.25) is 0 Å². The van der Waals surface area contributed by atoms with E-state index in [1.165, 1.54) is 4.90 Å². The minimum Gasteiger partial charge on any atom is -0.469 e. The maximum atomic E-state index is 12.9. The summed E-state index contributed by atoms with van der Waals surface area (Å²) in [4.78, 5) is 32.4. The number of nitrogens with one attached hydrogen (secondary N) is 1. The van der Waals surface area contributed by atoms with Crippen molar-refractivity contribution in [1.29, 1.82) is 0 Å². The molecule has 0 unspecified atom stereocenters. The third-order valence-corrected chi connectivity index (χ3v) is 5.64. The van der Waals surface area contributed by atoms with Gasteiger partial charge in [-0.1, -0.05) is 30.4 Å². The first-order chi connectivity index (χ1) is 13.6. The topological polar surface area (TPSA) is 74.9 Å². The summed E-state index contributed by atoms with van der Waals surface area (Å²) in [6, 6.07) is 7.25. The first kappa shape index (κ1) is 17.1. The van der Waals surface area contributed by atoms with Crippen molar-refractivity contribution in [3.8, 4) is 0 Å². The Morgan fingerprint density at radius 3 is 2.93 bits per heavy atom. The smallest absolute Gasteiger partial charge is 0.245 e. The molecule has 4 heterocycles. The third kappa shape index (κ3) is 2.62. The number of fused-ring (bicyclic) bond motifs is 4. The number of rotatable bonds is 2. The van der Waals surface area contributed by atoms with Gasteiger partial charge < -0.3 is 24.3 Å². The van der Waals surface area contributed by atoms with Crippen molar-refractivity contribution in [2.75, 3.05) is 27.0 Å². The molecule has 1 aromatic carbocycles. The van der Waals surface area contributed by atoms with Gasteiger partial charge in [0.1, 0.15) is 18.4 Å². The van der Waals surface area contributed by atoms with E-state index in [2.05, 4.69) is 11.1 Å². The van der Waals surface area contributed by atoms with Gasteiger partial charge in [-0.3, -0.25) is 9.59 Å². The highest BCUT2D eigenvalue weighted by molar-refractivity contribution is 5.97. The van der Waals surface area contributed by atoms with Gasteiger partial charge in [-0.25, -0.2) is 0 Å². The van der Waals surface area contributed by atoms with Gasteiger partial charge in [-0.05, 0) is 17.7 Å². The van der Waals surface area contributed by atoms with Gasteiger partial charge >= 0.3 is 0 Å². The fraction of sp³-hybridized carbons (Fsp3) is 0.333. The predicted octanol–water partition coefficient (Wildman–Crippen LogP) is 1.88. The molecule has 0 aliphatic carbocycles. The van der Waals surface area contributed by atoms with Gasteiger partial charge in [0.25, 0.3) is 0 Å². The Labute approximate surface area is 162 Å². The summed E-state index contributed by atoms with van der Waals surface area (Å²) in [7, 11) is 1.69. The van der Waals surface area contributed by atoms with Crippen LogP contribution in [0.15, 0.2) is 48.3 Å². The average Bonchev–Trinajstić information content (AvgIpc) is 3.33. The second kappa shape index (κ2) is 6.53. The van der Waals surface area contributed by atoms with Crippen molar-refractivity contribution in [2.45, 2.75) is 18.5 Å². The van der Waals surface area contributed by atoms with E-state index in [9.17, 15) is 9.59 Å². The second-order valence-corrected chi connectivity index (χ2v) is 7.35. The normalized spacial score (nSPS) is 26.2. The minimum atomic E-state index is -0.480. The summed E-state index contributed by atoms with van der Waals surface area (Å²) in [6.07, 6.45) is 6.20.